The minimum absolute atomic E-state index is 0.124. The van der Waals surface area contributed by atoms with Crippen molar-refractivity contribution in [1.82, 2.24) is 10.2 Å². The minimum Gasteiger partial charge on any atom is -0.348 e. The lowest BCUT2D eigenvalue weighted by atomic mass is 9.99. The number of carbonyl (C=O) groups excluding carboxylic acids is 1. The van der Waals surface area contributed by atoms with Crippen molar-refractivity contribution >= 4 is 5.91 Å². The summed E-state index contributed by atoms with van der Waals surface area (Å²) in [6.45, 7) is 6.10. The zero-order valence-corrected chi connectivity index (χ0v) is 12.5. The third kappa shape index (κ3) is 4.49. The van der Waals surface area contributed by atoms with Crippen molar-refractivity contribution < 1.29 is 13.6 Å². The SMILES string of the molecule is CC1CCN(CC(=O)NC(C)c2ccc(F)cc2F)CC1. The molecule has 1 atom stereocenters. The Morgan fingerprint density at radius 1 is 1.38 bits per heavy atom. The molecule has 0 aliphatic carbocycles. The Hall–Kier alpha value is -1.49. The van der Waals surface area contributed by atoms with Crippen LogP contribution in [0.5, 0.6) is 0 Å². The predicted molar refractivity (Wildman–Crippen MR) is 77.8 cm³/mol. The maximum atomic E-state index is 13.7. The predicted octanol–water partition coefficient (Wildman–Crippen LogP) is 2.87. The van der Waals surface area contributed by atoms with E-state index < -0.39 is 17.7 Å². The summed E-state index contributed by atoms with van der Waals surface area (Å²) in [7, 11) is 0. The van der Waals surface area contributed by atoms with Gasteiger partial charge in [0.15, 0.2) is 0 Å². The Bertz CT molecular complexity index is 499. The topological polar surface area (TPSA) is 32.3 Å². The Balaban J connectivity index is 1.87. The number of nitrogens with one attached hydrogen (secondary N) is 1. The van der Waals surface area contributed by atoms with Crippen molar-refractivity contribution in [2.24, 2.45) is 5.92 Å². The van der Waals surface area contributed by atoms with Crippen LogP contribution in [-0.2, 0) is 4.79 Å². The second-order valence-corrected chi connectivity index (χ2v) is 5.91. The minimum atomic E-state index is -0.630. The van der Waals surface area contributed by atoms with E-state index in [1.54, 1.807) is 6.92 Å². The van der Waals surface area contributed by atoms with Crippen molar-refractivity contribution in [3.8, 4) is 0 Å². The number of halogens is 2. The second-order valence-electron chi connectivity index (χ2n) is 5.91. The summed E-state index contributed by atoms with van der Waals surface area (Å²) in [5, 5.41) is 2.77. The van der Waals surface area contributed by atoms with E-state index in [0.29, 0.717) is 12.1 Å². The quantitative estimate of drug-likeness (QED) is 0.926. The molecule has 116 valence electrons. The van der Waals surface area contributed by atoms with Crippen LogP contribution in [0.2, 0.25) is 0 Å². The van der Waals surface area contributed by atoms with E-state index >= 15 is 0 Å². The van der Waals surface area contributed by atoms with Crippen LogP contribution >= 0.6 is 0 Å². The number of carbonyl (C=O) groups is 1. The largest absolute Gasteiger partial charge is 0.348 e. The molecule has 1 aliphatic rings. The lowest BCUT2D eigenvalue weighted by Gasteiger charge is -2.30. The van der Waals surface area contributed by atoms with Crippen LogP contribution in [0.3, 0.4) is 0 Å². The molecule has 1 aromatic carbocycles. The standard InChI is InChI=1S/C16H22F2N2O/c1-11-5-7-20(8-6-11)10-16(21)19-12(2)14-4-3-13(17)9-15(14)18/h3-4,9,11-12H,5-8,10H2,1-2H3,(H,19,21). The van der Waals surface area contributed by atoms with E-state index in [0.717, 1.165) is 37.9 Å². The highest BCUT2D eigenvalue weighted by Gasteiger charge is 2.20. The van der Waals surface area contributed by atoms with Gasteiger partial charge in [-0.25, -0.2) is 8.78 Å². The monoisotopic (exact) mass is 296 g/mol. The fraction of sp³-hybridized carbons (Fsp3) is 0.562. The van der Waals surface area contributed by atoms with Gasteiger partial charge in [-0.15, -0.1) is 0 Å². The fourth-order valence-electron chi connectivity index (χ4n) is 2.64. The number of amides is 1. The molecule has 1 amide bonds. The first kappa shape index (κ1) is 15.9. The van der Waals surface area contributed by atoms with Crippen molar-refractivity contribution in [2.75, 3.05) is 19.6 Å². The highest BCUT2D eigenvalue weighted by Crippen LogP contribution is 2.18. The zero-order chi connectivity index (χ0) is 15.4. The van der Waals surface area contributed by atoms with E-state index in [1.807, 2.05) is 0 Å². The van der Waals surface area contributed by atoms with Crippen molar-refractivity contribution in [2.45, 2.75) is 32.7 Å². The van der Waals surface area contributed by atoms with Gasteiger partial charge in [0.05, 0.1) is 12.6 Å². The Morgan fingerprint density at radius 3 is 2.67 bits per heavy atom. The first-order chi connectivity index (χ1) is 9.95. The van der Waals surface area contributed by atoms with Gasteiger partial charge in [-0.3, -0.25) is 9.69 Å². The highest BCUT2D eigenvalue weighted by atomic mass is 19.1. The summed E-state index contributed by atoms with van der Waals surface area (Å²) in [4.78, 5) is 14.1. The summed E-state index contributed by atoms with van der Waals surface area (Å²) in [6, 6.07) is 2.94. The van der Waals surface area contributed by atoms with Crippen molar-refractivity contribution in [1.29, 1.82) is 0 Å². The summed E-state index contributed by atoms with van der Waals surface area (Å²) in [5.41, 5.74) is 0.303. The first-order valence-electron chi connectivity index (χ1n) is 7.42. The number of nitrogens with zero attached hydrogens (tertiary/aromatic N) is 1. The van der Waals surface area contributed by atoms with Crippen LogP contribution in [0.4, 0.5) is 8.78 Å². The molecule has 21 heavy (non-hydrogen) atoms. The molecule has 0 bridgehead atoms. The van der Waals surface area contributed by atoms with Gasteiger partial charge >= 0.3 is 0 Å². The maximum Gasteiger partial charge on any atom is 0.234 e. The van der Waals surface area contributed by atoms with Crippen LogP contribution in [0.1, 0.15) is 38.3 Å². The lowest BCUT2D eigenvalue weighted by molar-refractivity contribution is -0.123. The number of benzene rings is 1. The molecule has 1 N–H and O–H groups in total. The van der Waals surface area contributed by atoms with Gasteiger partial charge in [0.2, 0.25) is 5.91 Å². The molecule has 5 heteroatoms. The number of hydrogen-bond acceptors (Lipinski definition) is 2. The van der Waals surface area contributed by atoms with Crippen LogP contribution in [0.15, 0.2) is 18.2 Å². The van der Waals surface area contributed by atoms with Crippen LogP contribution in [0, 0.1) is 17.6 Å². The molecule has 1 aromatic rings. The first-order valence-corrected chi connectivity index (χ1v) is 7.42. The number of rotatable bonds is 4. The van der Waals surface area contributed by atoms with Crippen molar-refractivity contribution in [3.05, 3.63) is 35.4 Å². The smallest absolute Gasteiger partial charge is 0.234 e. The molecule has 1 fully saturated rings. The third-order valence-electron chi connectivity index (χ3n) is 4.05. The Kier molecular flexibility index (Phi) is 5.28. The Labute approximate surface area is 124 Å². The van der Waals surface area contributed by atoms with Gasteiger partial charge in [0, 0.05) is 11.6 Å². The van der Waals surface area contributed by atoms with Gasteiger partial charge in [-0.2, -0.15) is 0 Å². The number of piperidine rings is 1. The van der Waals surface area contributed by atoms with Gasteiger partial charge < -0.3 is 5.32 Å². The summed E-state index contributed by atoms with van der Waals surface area (Å²) in [6.07, 6.45) is 2.21. The molecule has 1 saturated heterocycles. The van der Waals surface area contributed by atoms with E-state index in [4.69, 9.17) is 0 Å². The number of hydrogen-bond donors (Lipinski definition) is 1. The highest BCUT2D eigenvalue weighted by molar-refractivity contribution is 5.78. The maximum absolute atomic E-state index is 13.7. The average Bonchev–Trinajstić information content (AvgIpc) is 2.41. The van der Waals surface area contributed by atoms with Crippen LogP contribution in [-0.4, -0.2) is 30.4 Å². The van der Waals surface area contributed by atoms with Gasteiger partial charge in [-0.05, 0) is 44.8 Å². The van der Waals surface area contributed by atoms with E-state index in [9.17, 15) is 13.6 Å². The average molecular weight is 296 g/mol. The molecule has 2 rings (SSSR count). The number of likely N-dealkylation sites (tertiary alicyclic amines) is 1. The summed E-state index contributed by atoms with van der Waals surface area (Å²) in [5.74, 6) is -0.649. The van der Waals surface area contributed by atoms with E-state index in [2.05, 4.69) is 17.1 Å². The molecule has 0 spiro atoms. The fourth-order valence-corrected chi connectivity index (χ4v) is 2.64. The third-order valence-corrected chi connectivity index (χ3v) is 4.05. The molecule has 1 aliphatic heterocycles. The molecule has 0 aromatic heterocycles. The molecule has 3 nitrogen and oxygen atoms in total. The normalized spacial score (nSPS) is 18.5. The molecule has 1 unspecified atom stereocenters. The molecule has 1 heterocycles. The molecule has 0 radical (unpaired) electrons. The Morgan fingerprint density at radius 2 is 2.05 bits per heavy atom. The van der Waals surface area contributed by atoms with Crippen LogP contribution in [0.25, 0.3) is 0 Å². The van der Waals surface area contributed by atoms with Crippen LogP contribution < -0.4 is 5.32 Å². The van der Waals surface area contributed by atoms with Gasteiger partial charge in [0.25, 0.3) is 0 Å². The van der Waals surface area contributed by atoms with Crippen molar-refractivity contribution in [3.63, 3.8) is 0 Å². The summed E-state index contributed by atoms with van der Waals surface area (Å²) >= 11 is 0. The van der Waals surface area contributed by atoms with E-state index in [-0.39, 0.29) is 5.91 Å². The molecular formula is C16H22F2N2O. The summed E-state index contributed by atoms with van der Waals surface area (Å²) < 4.78 is 26.5. The second kappa shape index (κ2) is 6.98. The zero-order valence-electron chi connectivity index (χ0n) is 12.5. The van der Waals surface area contributed by atoms with Gasteiger partial charge in [0.1, 0.15) is 11.6 Å². The van der Waals surface area contributed by atoms with E-state index in [1.165, 1.54) is 12.1 Å². The molecule has 0 saturated carbocycles. The lowest BCUT2D eigenvalue weighted by Crippen LogP contribution is -2.41. The van der Waals surface area contributed by atoms with Gasteiger partial charge in [-0.1, -0.05) is 13.0 Å². The molecular weight excluding hydrogens is 274 g/mol.